The highest BCUT2D eigenvalue weighted by Crippen LogP contribution is 2.41. The number of fused-ring (bicyclic) bond motifs is 1. The van der Waals surface area contributed by atoms with E-state index in [1.165, 1.54) is 16.9 Å². The van der Waals surface area contributed by atoms with Crippen molar-refractivity contribution in [2.45, 2.75) is 23.9 Å². The Morgan fingerprint density at radius 2 is 2.10 bits per heavy atom. The zero-order chi connectivity index (χ0) is 20.6. The quantitative estimate of drug-likeness (QED) is 0.518. The molecule has 10 nitrogen and oxygen atoms in total. The number of aliphatic hydroxyl groups is 2. The summed E-state index contributed by atoms with van der Waals surface area (Å²) in [6.07, 6.45) is -2.79. The van der Waals surface area contributed by atoms with E-state index in [1.54, 1.807) is 36.4 Å². The van der Waals surface area contributed by atoms with Gasteiger partial charge in [-0.3, -0.25) is 0 Å². The second-order valence-corrected chi connectivity index (χ2v) is 6.53. The van der Waals surface area contributed by atoms with Crippen LogP contribution in [0.2, 0.25) is 0 Å². The zero-order valence-electron chi connectivity index (χ0n) is 15.0. The molecule has 0 bridgehead atoms. The number of nitriles is 1. The Bertz CT molecular complexity index is 1100. The molecule has 4 atom stereocenters. The van der Waals surface area contributed by atoms with E-state index < -0.39 is 36.5 Å². The molecule has 0 aliphatic carbocycles. The van der Waals surface area contributed by atoms with Gasteiger partial charge in [-0.2, -0.15) is 10.4 Å². The maximum atomic E-state index is 12.5. The molecular formula is C19H17N5O5. The van der Waals surface area contributed by atoms with Gasteiger partial charge in [0.25, 0.3) is 0 Å². The van der Waals surface area contributed by atoms with Crippen LogP contribution < -0.4 is 5.73 Å². The number of benzene rings is 1. The molecule has 1 saturated heterocycles. The van der Waals surface area contributed by atoms with Gasteiger partial charge in [0.05, 0.1) is 17.9 Å². The van der Waals surface area contributed by atoms with Crippen molar-refractivity contribution in [3.8, 4) is 6.07 Å². The fraction of sp³-hybridized carbons (Fsp3) is 0.263. The van der Waals surface area contributed by atoms with Crippen molar-refractivity contribution < 1.29 is 24.5 Å². The Hall–Kier alpha value is -3.52. The third-order valence-corrected chi connectivity index (χ3v) is 4.89. The Morgan fingerprint density at radius 1 is 1.34 bits per heavy atom. The van der Waals surface area contributed by atoms with Gasteiger partial charge in [0.15, 0.2) is 11.9 Å². The lowest BCUT2D eigenvalue weighted by molar-refractivity contribution is -0.0649. The molecule has 1 aromatic carbocycles. The Labute approximate surface area is 164 Å². The molecule has 3 heterocycles. The molecule has 2 aromatic heterocycles. The van der Waals surface area contributed by atoms with Crippen LogP contribution in [-0.4, -0.2) is 55.7 Å². The standard InChI is InChI=1S/C19H17N5O5/c20-9-19(14-7-6-12-17(21)22-10-23-24(12)14)16(26)15(13(8-25)29-19)28-18(27)11-4-2-1-3-5-11/h1-7,10,13,15-16,25-26H,8H2,(H2,21,22,23)/t13-,15-,16-,19+/m1/s1. The van der Waals surface area contributed by atoms with Crippen LogP contribution in [0.3, 0.4) is 0 Å². The van der Waals surface area contributed by atoms with Gasteiger partial charge in [-0.25, -0.2) is 14.3 Å². The number of rotatable bonds is 4. The first kappa shape index (κ1) is 18.8. The number of nitrogens with zero attached hydrogens (tertiary/aromatic N) is 4. The zero-order valence-corrected chi connectivity index (χ0v) is 15.0. The number of esters is 1. The molecule has 0 saturated carbocycles. The molecule has 1 aliphatic rings. The predicted molar refractivity (Wildman–Crippen MR) is 98.3 cm³/mol. The normalized spacial score (nSPS) is 26.3. The second kappa shape index (κ2) is 7.14. The van der Waals surface area contributed by atoms with Crippen molar-refractivity contribution in [3.63, 3.8) is 0 Å². The average molecular weight is 395 g/mol. The number of nitrogens with two attached hydrogens (primary N) is 1. The maximum Gasteiger partial charge on any atom is 0.338 e. The van der Waals surface area contributed by atoms with E-state index in [4.69, 9.17) is 15.2 Å². The maximum absolute atomic E-state index is 12.5. The fourth-order valence-corrected chi connectivity index (χ4v) is 3.45. The highest BCUT2D eigenvalue weighted by atomic mass is 16.6. The summed E-state index contributed by atoms with van der Waals surface area (Å²) >= 11 is 0. The summed E-state index contributed by atoms with van der Waals surface area (Å²) in [5.74, 6) is -0.533. The summed E-state index contributed by atoms with van der Waals surface area (Å²) in [5.41, 5.74) is 4.74. The van der Waals surface area contributed by atoms with Crippen molar-refractivity contribution in [2.24, 2.45) is 0 Å². The molecule has 0 spiro atoms. The van der Waals surface area contributed by atoms with Gasteiger partial charge < -0.3 is 25.4 Å². The number of hydrogen-bond acceptors (Lipinski definition) is 9. The highest BCUT2D eigenvalue weighted by Gasteiger charge is 2.59. The largest absolute Gasteiger partial charge is 0.453 e. The number of aromatic nitrogens is 3. The molecule has 1 fully saturated rings. The van der Waals surface area contributed by atoms with Crippen LogP contribution >= 0.6 is 0 Å². The van der Waals surface area contributed by atoms with Crippen LogP contribution in [0.5, 0.6) is 0 Å². The number of anilines is 1. The van der Waals surface area contributed by atoms with Gasteiger partial charge in [-0.15, -0.1) is 0 Å². The predicted octanol–water partition coefficient (Wildman–Crippen LogP) is 0.00798. The van der Waals surface area contributed by atoms with E-state index in [1.807, 2.05) is 6.07 Å². The molecule has 0 unspecified atom stereocenters. The molecule has 29 heavy (non-hydrogen) atoms. The van der Waals surface area contributed by atoms with Gasteiger partial charge >= 0.3 is 5.97 Å². The van der Waals surface area contributed by atoms with E-state index in [0.29, 0.717) is 5.52 Å². The van der Waals surface area contributed by atoms with Gasteiger partial charge in [-0.1, -0.05) is 18.2 Å². The minimum atomic E-state index is -1.94. The Morgan fingerprint density at radius 3 is 2.79 bits per heavy atom. The van der Waals surface area contributed by atoms with E-state index >= 15 is 0 Å². The summed E-state index contributed by atoms with van der Waals surface area (Å²) in [7, 11) is 0. The SMILES string of the molecule is N#C[C@@]1(c2ccc3c(N)ncnn23)O[C@H](CO)[C@@H](OC(=O)c2ccccc2)[C@H]1O. The van der Waals surface area contributed by atoms with Crippen molar-refractivity contribution in [2.75, 3.05) is 12.3 Å². The molecule has 1 aliphatic heterocycles. The van der Waals surface area contributed by atoms with E-state index in [0.717, 1.165) is 0 Å². The summed E-state index contributed by atoms with van der Waals surface area (Å²) in [6.45, 7) is -0.576. The van der Waals surface area contributed by atoms with Crippen molar-refractivity contribution in [1.82, 2.24) is 14.6 Å². The molecule has 10 heteroatoms. The fourth-order valence-electron chi connectivity index (χ4n) is 3.45. The minimum Gasteiger partial charge on any atom is -0.453 e. The smallest absolute Gasteiger partial charge is 0.338 e. The monoisotopic (exact) mass is 395 g/mol. The molecule has 148 valence electrons. The topological polar surface area (TPSA) is 156 Å². The third kappa shape index (κ3) is 2.89. The highest BCUT2D eigenvalue weighted by molar-refractivity contribution is 5.89. The van der Waals surface area contributed by atoms with Gasteiger partial charge in [-0.05, 0) is 24.3 Å². The third-order valence-electron chi connectivity index (χ3n) is 4.89. The van der Waals surface area contributed by atoms with Crippen LogP contribution in [-0.2, 0) is 15.1 Å². The first-order chi connectivity index (χ1) is 14.0. The summed E-state index contributed by atoms with van der Waals surface area (Å²) in [5, 5.41) is 34.7. The lowest BCUT2D eigenvalue weighted by atomic mass is 9.92. The number of carbonyl (C=O) groups is 1. The van der Waals surface area contributed by atoms with Crippen LogP contribution in [0.4, 0.5) is 5.82 Å². The molecule has 4 N–H and O–H groups in total. The first-order valence-electron chi connectivity index (χ1n) is 8.74. The van der Waals surface area contributed by atoms with Gasteiger partial charge in [0, 0.05) is 0 Å². The lowest BCUT2D eigenvalue weighted by Crippen LogP contribution is -2.43. The first-order valence-corrected chi connectivity index (χ1v) is 8.74. The summed E-state index contributed by atoms with van der Waals surface area (Å²) < 4.78 is 12.5. The number of carbonyl (C=O) groups excluding carboxylic acids is 1. The number of ether oxygens (including phenoxy) is 2. The number of nitrogen functional groups attached to an aromatic ring is 1. The van der Waals surface area contributed by atoms with Crippen LogP contribution in [0.1, 0.15) is 16.1 Å². The van der Waals surface area contributed by atoms with Gasteiger partial charge in [0.2, 0.25) is 5.60 Å². The van der Waals surface area contributed by atoms with Crippen LogP contribution in [0, 0.1) is 11.3 Å². The number of aliphatic hydroxyl groups excluding tert-OH is 2. The Balaban J connectivity index is 1.73. The van der Waals surface area contributed by atoms with E-state index in [9.17, 15) is 20.3 Å². The van der Waals surface area contributed by atoms with E-state index in [-0.39, 0.29) is 17.1 Å². The lowest BCUT2D eigenvalue weighted by Gasteiger charge is -2.24. The molecular weight excluding hydrogens is 378 g/mol. The van der Waals surface area contributed by atoms with Crippen molar-refractivity contribution in [3.05, 3.63) is 60.0 Å². The molecule has 4 rings (SSSR count). The Kier molecular flexibility index (Phi) is 4.63. The molecule has 0 radical (unpaired) electrons. The van der Waals surface area contributed by atoms with E-state index in [2.05, 4.69) is 10.1 Å². The minimum absolute atomic E-state index is 0.174. The van der Waals surface area contributed by atoms with Crippen molar-refractivity contribution >= 4 is 17.3 Å². The average Bonchev–Trinajstić information content (AvgIpc) is 3.30. The molecule has 0 amide bonds. The van der Waals surface area contributed by atoms with Crippen molar-refractivity contribution in [1.29, 1.82) is 5.26 Å². The van der Waals surface area contributed by atoms with Crippen LogP contribution in [0.15, 0.2) is 48.8 Å². The second-order valence-electron chi connectivity index (χ2n) is 6.53. The molecule has 3 aromatic rings. The van der Waals surface area contributed by atoms with Crippen LogP contribution in [0.25, 0.3) is 5.52 Å². The van der Waals surface area contributed by atoms with Gasteiger partial charge in [0.1, 0.15) is 30.1 Å². The summed E-state index contributed by atoms with van der Waals surface area (Å²) in [4.78, 5) is 16.3. The number of hydrogen-bond donors (Lipinski definition) is 3. The summed E-state index contributed by atoms with van der Waals surface area (Å²) in [6, 6.07) is 13.2.